The molecule has 4 nitrogen and oxygen atoms in total. The summed E-state index contributed by atoms with van der Waals surface area (Å²) in [6.45, 7) is 0. The van der Waals surface area contributed by atoms with Gasteiger partial charge in [0.25, 0.3) is 0 Å². The van der Waals surface area contributed by atoms with Crippen LogP contribution in [0, 0.1) is 0 Å². The summed E-state index contributed by atoms with van der Waals surface area (Å²) in [5.41, 5.74) is 0.652. The van der Waals surface area contributed by atoms with E-state index in [1.807, 2.05) is 0 Å². The van der Waals surface area contributed by atoms with E-state index in [4.69, 9.17) is 16.3 Å². The lowest BCUT2D eigenvalue weighted by molar-refractivity contribution is -0.147. The molecule has 0 unspecified atom stereocenters. The Labute approximate surface area is 120 Å². The van der Waals surface area contributed by atoms with Crippen LogP contribution in [0.4, 0.5) is 0 Å². The smallest absolute Gasteiger partial charge is 0.349 e. The Balaban J connectivity index is 2.20. The topological polar surface area (TPSA) is 63.6 Å². The molecule has 102 valence electrons. The largest absolute Gasteiger partial charge is 0.478 e. The van der Waals surface area contributed by atoms with E-state index in [1.54, 1.807) is 42.5 Å². The molecule has 0 heterocycles. The second-order valence-electron chi connectivity index (χ2n) is 4.04. The normalized spacial score (nSPS) is 11.7. The van der Waals surface area contributed by atoms with Crippen molar-refractivity contribution in [3.05, 3.63) is 70.7 Å². The number of carbonyl (C=O) groups excluding carboxylic acids is 1. The van der Waals surface area contributed by atoms with Gasteiger partial charge in [0.15, 0.2) is 0 Å². The minimum atomic E-state index is -1.36. The molecule has 0 saturated heterocycles. The molecule has 2 aromatic carbocycles. The molecule has 0 aliphatic heterocycles. The number of carbonyl (C=O) groups is 2. The molecule has 0 aromatic heterocycles. The van der Waals surface area contributed by atoms with Crippen molar-refractivity contribution in [1.82, 2.24) is 0 Å². The van der Waals surface area contributed by atoms with Crippen molar-refractivity contribution >= 4 is 23.5 Å². The Bertz CT molecular complexity index is 608. The Morgan fingerprint density at radius 3 is 2.15 bits per heavy atom. The van der Waals surface area contributed by atoms with Gasteiger partial charge in [0.05, 0.1) is 5.56 Å². The first-order chi connectivity index (χ1) is 9.58. The molecular formula is C15H11ClO4. The molecule has 2 rings (SSSR count). The number of ether oxygens (including phenoxy) is 1. The van der Waals surface area contributed by atoms with Gasteiger partial charge in [-0.15, -0.1) is 0 Å². The Kier molecular flexibility index (Phi) is 4.38. The van der Waals surface area contributed by atoms with Crippen LogP contribution in [0.3, 0.4) is 0 Å². The van der Waals surface area contributed by atoms with E-state index in [9.17, 15) is 14.7 Å². The van der Waals surface area contributed by atoms with Crippen molar-refractivity contribution in [3.63, 3.8) is 0 Å². The van der Waals surface area contributed by atoms with E-state index in [2.05, 4.69) is 0 Å². The molecule has 0 spiro atoms. The predicted octanol–water partition coefficient (Wildman–Crippen LogP) is 3.32. The average molecular weight is 291 g/mol. The monoisotopic (exact) mass is 290 g/mol. The fourth-order valence-electron chi connectivity index (χ4n) is 1.65. The lowest BCUT2D eigenvalue weighted by Crippen LogP contribution is -2.19. The highest BCUT2D eigenvalue weighted by Gasteiger charge is 2.24. The molecule has 0 aliphatic carbocycles. The third-order valence-corrected chi connectivity index (χ3v) is 2.88. The SMILES string of the molecule is O=C(O[C@@H](C(=O)O)c1ccc(Cl)cc1)c1ccccc1. The van der Waals surface area contributed by atoms with Gasteiger partial charge in [0.2, 0.25) is 6.10 Å². The molecule has 0 aliphatic rings. The number of halogens is 1. The summed E-state index contributed by atoms with van der Waals surface area (Å²) in [4.78, 5) is 23.1. The Hall–Kier alpha value is -2.33. The third-order valence-electron chi connectivity index (χ3n) is 2.63. The highest BCUT2D eigenvalue weighted by atomic mass is 35.5. The first kappa shape index (κ1) is 14.1. The molecule has 0 fully saturated rings. The van der Waals surface area contributed by atoms with Gasteiger partial charge < -0.3 is 9.84 Å². The highest BCUT2D eigenvalue weighted by Crippen LogP contribution is 2.21. The summed E-state index contributed by atoms with van der Waals surface area (Å²) >= 11 is 5.74. The maximum atomic E-state index is 11.9. The number of carboxylic acid groups (broad SMARTS) is 1. The lowest BCUT2D eigenvalue weighted by atomic mass is 10.1. The summed E-state index contributed by atoms with van der Waals surface area (Å²) in [5, 5.41) is 9.66. The van der Waals surface area contributed by atoms with Crippen LogP contribution in [0.5, 0.6) is 0 Å². The quantitative estimate of drug-likeness (QED) is 0.877. The number of aliphatic carboxylic acids is 1. The van der Waals surface area contributed by atoms with E-state index in [0.717, 1.165) is 0 Å². The molecule has 2 aromatic rings. The van der Waals surface area contributed by atoms with Crippen LogP contribution in [0.15, 0.2) is 54.6 Å². The zero-order valence-corrected chi connectivity index (χ0v) is 11.1. The number of carboxylic acids is 1. The van der Waals surface area contributed by atoms with E-state index in [1.165, 1.54) is 12.1 Å². The van der Waals surface area contributed by atoms with E-state index >= 15 is 0 Å². The molecule has 0 amide bonds. The van der Waals surface area contributed by atoms with Gasteiger partial charge in [-0.05, 0) is 24.3 Å². The van der Waals surface area contributed by atoms with Gasteiger partial charge in [-0.25, -0.2) is 9.59 Å². The first-order valence-electron chi connectivity index (χ1n) is 5.82. The summed E-state index contributed by atoms with van der Waals surface area (Å²) in [6, 6.07) is 14.3. The van der Waals surface area contributed by atoms with Crippen molar-refractivity contribution in [3.8, 4) is 0 Å². The van der Waals surface area contributed by atoms with Gasteiger partial charge in [-0.1, -0.05) is 41.9 Å². The minimum absolute atomic E-state index is 0.299. The summed E-state index contributed by atoms with van der Waals surface area (Å²) in [5.74, 6) is -1.93. The van der Waals surface area contributed by atoms with Crippen LogP contribution >= 0.6 is 11.6 Å². The van der Waals surface area contributed by atoms with Crippen LogP contribution in [0.1, 0.15) is 22.0 Å². The second kappa shape index (κ2) is 6.21. The third kappa shape index (κ3) is 3.36. The second-order valence-corrected chi connectivity index (χ2v) is 4.48. The van der Waals surface area contributed by atoms with Crippen LogP contribution in [-0.2, 0) is 9.53 Å². The van der Waals surface area contributed by atoms with Crippen LogP contribution in [-0.4, -0.2) is 17.0 Å². The zero-order chi connectivity index (χ0) is 14.5. The number of hydrogen-bond acceptors (Lipinski definition) is 3. The van der Waals surface area contributed by atoms with Crippen LogP contribution in [0.2, 0.25) is 5.02 Å². The summed E-state index contributed by atoms with van der Waals surface area (Å²) in [7, 11) is 0. The summed E-state index contributed by atoms with van der Waals surface area (Å²) < 4.78 is 5.04. The van der Waals surface area contributed by atoms with Crippen molar-refractivity contribution < 1.29 is 19.4 Å². The van der Waals surface area contributed by atoms with E-state index < -0.39 is 18.0 Å². The maximum absolute atomic E-state index is 11.9. The predicted molar refractivity (Wildman–Crippen MR) is 73.7 cm³/mol. The maximum Gasteiger partial charge on any atom is 0.349 e. The van der Waals surface area contributed by atoms with E-state index in [-0.39, 0.29) is 0 Å². The van der Waals surface area contributed by atoms with Crippen LogP contribution < -0.4 is 0 Å². The average Bonchev–Trinajstić information content (AvgIpc) is 2.46. The number of rotatable bonds is 4. The van der Waals surface area contributed by atoms with Crippen molar-refractivity contribution in [1.29, 1.82) is 0 Å². The van der Waals surface area contributed by atoms with Gasteiger partial charge >= 0.3 is 11.9 Å². The minimum Gasteiger partial charge on any atom is -0.478 e. The zero-order valence-electron chi connectivity index (χ0n) is 10.3. The molecule has 0 saturated carbocycles. The van der Waals surface area contributed by atoms with Gasteiger partial charge in [0, 0.05) is 10.6 Å². The molecular weight excluding hydrogens is 280 g/mol. The molecule has 1 atom stereocenters. The van der Waals surface area contributed by atoms with E-state index in [0.29, 0.717) is 16.1 Å². The molecule has 20 heavy (non-hydrogen) atoms. The number of hydrogen-bond donors (Lipinski definition) is 1. The Morgan fingerprint density at radius 2 is 1.60 bits per heavy atom. The van der Waals surface area contributed by atoms with Gasteiger partial charge in [0.1, 0.15) is 0 Å². The van der Waals surface area contributed by atoms with Crippen molar-refractivity contribution in [2.45, 2.75) is 6.10 Å². The standard InChI is InChI=1S/C15H11ClO4/c16-12-8-6-10(7-9-12)13(14(17)18)20-15(19)11-4-2-1-3-5-11/h1-9,13H,(H,17,18)/t13-/m1/s1. The molecule has 0 bridgehead atoms. The number of benzene rings is 2. The van der Waals surface area contributed by atoms with Gasteiger partial charge in [-0.2, -0.15) is 0 Å². The number of esters is 1. The fraction of sp³-hybridized carbons (Fsp3) is 0.0667. The fourth-order valence-corrected chi connectivity index (χ4v) is 1.77. The van der Waals surface area contributed by atoms with Crippen molar-refractivity contribution in [2.75, 3.05) is 0 Å². The van der Waals surface area contributed by atoms with Crippen LogP contribution in [0.25, 0.3) is 0 Å². The molecule has 5 heteroatoms. The lowest BCUT2D eigenvalue weighted by Gasteiger charge is -2.14. The molecule has 0 radical (unpaired) electrons. The Morgan fingerprint density at radius 1 is 1.00 bits per heavy atom. The first-order valence-corrected chi connectivity index (χ1v) is 6.20. The van der Waals surface area contributed by atoms with Crippen molar-refractivity contribution in [2.24, 2.45) is 0 Å². The molecule has 1 N–H and O–H groups in total. The summed E-state index contributed by atoms with van der Waals surface area (Å²) in [6.07, 6.45) is -1.36. The van der Waals surface area contributed by atoms with Gasteiger partial charge in [-0.3, -0.25) is 0 Å². The highest BCUT2D eigenvalue weighted by molar-refractivity contribution is 6.30.